The van der Waals surface area contributed by atoms with Crippen LogP contribution in [-0.4, -0.2) is 49.8 Å². The summed E-state index contributed by atoms with van der Waals surface area (Å²) in [6.07, 6.45) is 1.23. The molecule has 0 saturated carbocycles. The third-order valence-electron chi connectivity index (χ3n) is 2.06. The molecule has 0 aliphatic carbocycles. The molecule has 0 aliphatic heterocycles. The third-order valence-corrected chi connectivity index (χ3v) is 2.06. The van der Waals surface area contributed by atoms with Crippen molar-refractivity contribution in [3.63, 3.8) is 0 Å². The van der Waals surface area contributed by atoms with Crippen LogP contribution in [0.1, 0.15) is 0 Å². The second kappa shape index (κ2) is 7.28. The number of aromatic amines is 1. The van der Waals surface area contributed by atoms with Gasteiger partial charge in [0.2, 0.25) is 11.7 Å². The monoisotopic (exact) mass is 256 g/mol. The van der Waals surface area contributed by atoms with Gasteiger partial charge in [0.15, 0.2) is 5.82 Å². The summed E-state index contributed by atoms with van der Waals surface area (Å²) in [5.41, 5.74) is -0.408. The van der Waals surface area contributed by atoms with E-state index in [2.05, 4.69) is 20.6 Å². The summed E-state index contributed by atoms with van der Waals surface area (Å²) in [5, 5.41) is 5.35. The lowest BCUT2D eigenvalue weighted by Crippen LogP contribution is -2.32. The third kappa shape index (κ3) is 4.06. The molecule has 0 bridgehead atoms. The SMILES string of the molecule is COCCNC(=O)CNc1nc[nH]c(=O)c1OC. The molecule has 0 spiro atoms. The minimum Gasteiger partial charge on any atom is -0.489 e. The molecular formula is C10H16N4O4. The smallest absolute Gasteiger partial charge is 0.295 e. The maximum absolute atomic E-state index is 11.4. The van der Waals surface area contributed by atoms with Gasteiger partial charge in [0.05, 0.1) is 26.6 Å². The van der Waals surface area contributed by atoms with Crippen LogP contribution in [0.25, 0.3) is 0 Å². The van der Waals surface area contributed by atoms with Gasteiger partial charge in [-0.15, -0.1) is 0 Å². The van der Waals surface area contributed by atoms with E-state index in [-0.39, 0.29) is 24.0 Å². The predicted molar refractivity (Wildman–Crippen MR) is 64.8 cm³/mol. The molecule has 3 N–H and O–H groups in total. The largest absolute Gasteiger partial charge is 0.489 e. The lowest BCUT2D eigenvalue weighted by Gasteiger charge is -2.09. The molecule has 8 nitrogen and oxygen atoms in total. The van der Waals surface area contributed by atoms with Crippen LogP contribution in [0.5, 0.6) is 5.75 Å². The Morgan fingerprint density at radius 1 is 1.50 bits per heavy atom. The molecule has 1 aromatic heterocycles. The van der Waals surface area contributed by atoms with E-state index in [0.29, 0.717) is 13.2 Å². The van der Waals surface area contributed by atoms with E-state index < -0.39 is 5.56 Å². The molecule has 0 radical (unpaired) electrons. The lowest BCUT2D eigenvalue weighted by atomic mass is 10.4. The minimum absolute atomic E-state index is 0.00344. The summed E-state index contributed by atoms with van der Waals surface area (Å²) in [7, 11) is 2.91. The molecule has 0 aliphatic rings. The Bertz CT molecular complexity index is 446. The molecule has 8 heteroatoms. The molecule has 18 heavy (non-hydrogen) atoms. The fourth-order valence-electron chi connectivity index (χ4n) is 1.22. The fraction of sp³-hybridized carbons (Fsp3) is 0.500. The van der Waals surface area contributed by atoms with Crippen molar-refractivity contribution in [3.05, 3.63) is 16.7 Å². The van der Waals surface area contributed by atoms with Crippen LogP contribution in [-0.2, 0) is 9.53 Å². The Labute approximate surface area is 104 Å². The van der Waals surface area contributed by atoms with Crippen molar-refractivity contribution in [1.29, 1.82) is 0 Å². The summed E-state index contributed by atoms with van der Waals surface area (Å²) < 4.78 is 9.68. The second-order valence-corrected chi connectivity index (χ2v) is 3.31. The van der Waals surface area contributed by atoms with E-state index >= 15 is 0 Å². The average Bonchev–Trinajstić information content (AvgIpc) is 2.36. The zero-order chi connectivity index (χ0) is 13.4. The second-order valence-electron chi connectivity index (χ2n) is 3.31. The summed E-state index contributed by atoms with van der Waals surface area (Å²) >= 11 is 0. The van der Waals surface area contributed by atoms with Crippen molar-refractivity contribution >= 4 is 11.7 Å². The quantitative estimate of drug-likeness (QED) is 0.538. The van der Waals surface area contributed by atoms with Gasteiger partial charge in [0, 0.05) is 13.7 Å². The first kappa shape index (κ1) is 14.0. The number of ether oxygens (including phenoxy) is 2. The van der Waals surface area contributed by atoms with Crippen LogP contribution in [0.4, 0.5) is 5.82 Å². The summed E-state index contributed by atoms with van der Waals surface area (Å²) in [5.74, 6) is 0.0431. The maximum Gasteiger partial charge on any atom is 0.295 e. The van der Waals surface area contributed by atoms with Crippen molar-refractivity contribution in [3.8, 4) is 5.75 Å². The van der Waals surface area contributed by atoms with Crippen LogP contribution in [0, 0.1) is 0 Å². The lowest BCUT2D eigenvalue weighted by molar-refractivity contribution is -0.119. The van der Waals surface area contributed by atoms with E-state index in [1.54, 1.807) is 7.11 Å². The molecule has 100 valence electrons. The number of nitrogens with one attached hydrogen (secondary N) is 3. The number of rotatable bonds is 7. The first-order chi connectivity index (χ1) is 8.69. The van der Waals surface area contributed by atoms with Gasteiger partial charge in [-0.25, -0.2) is 4.98 Å². The van der Waals surface area contributed by atoms with Crippen molar-refractivity contribution in [2.24, 2.45) is 0 Å². The number of methoxy groups -OCH3 is 2. The number of H-pyrrole nitrogens is 1. The number of carbonyl (C=O) groups is 1. The number of anilines is 1. The number of nitrogens with zero attached hydrogens (tertiary/aromatic N) is 1. The van der Waals surface area contributed by atoms with Gasteiger partial charge in [-0.2, -0.15) is 0 Å². The standard InChI is InChI=1S/C10H16N4O4/c1-17-4-3-11-7(15)5-12-9-8(18-2)10(16)14-6-13-9/h6H,3-5H2,1-2H3,(H,11,15)(H2,12,13,14,16). The first-order valence-corrected chi connectivity index (χ1v) is 5.30. The Morgan fingerprint density at radius 3 is 2.94 bits per heavy atom. The highest BCUT2D eigenvalue weighted by Gasteiger charge is 2.09. The molecular weight excluding hydrogens is 240 g/mol. The molecule has 1 amide bonds. The zero-order valence-corrected chi connectivity index (χ0v) is 10.3. The number of hydrogen-bond acceptors (Lipinski definition) is 6. The van der Waals surface area contributed by atoms with E-state index in [1.807, 2.05) is 0 Å². The van der Waals surface area contributed by atoms with Crippen molar-refractivity contribution in [2.45, 2.75) is 0 Å². The van der Waals surface area contributed by atoms with Gasteiger partial charge in [-0.3, -0.25) is 9.59 Å². The average molecular weight is 256 g/mol. The zero-order valence-electron chi connectivity index (χ0n) is 10.3. The first-order valence-electron chi connectivity index (χ1n) is 5.30. The topological polar surface area (TPSA) is 105 Å². The summed E-state index contributed by atoms with van der Waals surface area (Å²) in [4.78, 5) is 29.0. The van der Waals surface area contributed by atoms with Gasteiger partial charge >= 0.3 is 0 Å². The van der Waals surface area contributed by atoms with Gasteiger partial charge in [0.25, 0.3) is 5.56 Å². The van der Waals surface area contributed by atoms with E-state index in [9.17, 15) is 9.59 Å². The summed E-state index contributed by atoms with van der Waals surface area (Å²) in [6.45, 7) is 0.867. The molecule has 1 heterocycles. The Kier molecular flexibility index (Phi) is 5.65. The molecule has 0 unspecified atom stereocenters. The Balaban J connectivity index is 2.51. The normalized spacial score (nSPS) is 9.89. The fourth-order valence-corrected chi connectivity index (χ4v) is 1.22. The summed E-state index contributed by atoms with van der Waals surface area (Å²) in [6, 6.07) is 0. The van der Waals surface area contributed by atoms with Crippen molar-refractivity contribution in [2.75, 3.05) is 39.2 Å². The van der Waals surface area contributed by atoms with Crippen LogP contribution in [0.15, 0.2) is 11.1 Å². The Hall–Kier alpha value is -2.09. The van der Waals surface area contributed by atoms with Crippen LogP contribution in [0.3, 0.4) is 0 Å². The highest BCUT2D eigenvalue weighted by atomic mass is 16.5. The molecule has 0 fully saturated rings. The van der Waals surface area contributed by atoms with Gasteiger partial charge in [-0.05, 0) is 0 Å². The van der Waals surface area contributed by atoms with E-state index in [0.717, 1.165) is 0 Å². The molecule has 1 aromatic rings. The molecule has 1 rings (SSSR count). The molecule has 0 atom stereocenters. The molecule has 0 saturated heterocycles. The van der Waals surface area contributed by atoms with Crippen LogP contribution in [0.2, 0.25) is 0 Å². The maximum atomic E-state index is 11.4. The predicted octanol–water partition coefficient (Wildman–Crippen LogP) is -1.05. The van der Waals surface area contributed by atoms with Crippen molar-refractivity contribution in [1.82, 2.24) is 15.3 Å². The van der Waals surface area contributed by atoms with Crippen molar-refractivity contribution < 1.29 is 14.3 Å². The number of hydrogen-bond donors (Lipinski definition) is 3. The van der Waals surface area contributed by atoms with Gasteiger partial charge in [-0.1, -0.05) is 0 Å². The van der Waals surface area contributed by atoms with Gasteiger partial charge < -0.3 is 25.1 Å². The highest BCUT2D eigenvalue weighted by Crippen LogP contribution is 2.13. The Morgan fingerprint density at radius 2 is 2.28 bits per heavy atom. The number of carbonyl (C=O) groups excluding carboxylic acids is 1. The van der Waals surface area contributed by atoms with Crippen LogP contribution < -0.4 is 20.9 Å². The van der Waals surface area contributed by atoms with E-state index in [4.69, 9.17) is 9.47 Å². The van der Waals surface area contributed by atoms with E-state index in [1.165, 1.54) is 13.4 Å². The minimum atomic E-state index is -0.408. The van der Waals surface area contributed by atoms with Crippen LogP contribution >= 0.6 is 0 Å². The highest BCUT2D eigenvalue weighted by molar-refractivity contribution is 5.80. The number of aromatic nitrogens is 2. The van der Waals surface area contributed by atoms with Gasteiger partial charge in [0.1, 0.15) is 0 Å². The number of amides is 1. The molecule has 0 aromatic carbocycles.